The van der Waals surface area contributed by atoms with Gasteiger partial charge in [0.05, 0.1) is 7.11 Å². The Bertz CT molecular complexity index is 613. The summed E-state index contributed by atoms with van der Waals surface area (Å²) in [7, 11) is 1.30. The second-order valence-corrected chi connectivity index (χ2v) is 5.85. The summed E-state index contributed by atoms with van der Waals surface area (Å²) in [5.74, 6) is 1.33. The van der Waals surface area contributed by atoms with Gasteiger partial charge in [0.15, 0.2) is 5.01 Å². The van der Waals surface area contributed by atoms with Crippen molar-refractivity contribution in [3.63, 3.8) is 0 Å². The van der Waals surface area contributed by atoms with Crippen LogP contribution < -0.4 is 10.1 Å². The summed E-state index contributed by atoms with van der Waals surface area (Å²) in [6.45, 7) is 4.68. The highest BCUT2D eigenvalue weighted by molar-refractivity contribution is 7.15. The van der Waals surface area contributed by atoms with E-state index in [-0.39, 0.29) is 0 Å². The van der Waals surface area contributed by atoms with Crippen molar-refractivity contribution < 1.29 is 14.3 Å². The molecule has 118 valence electrons. The lowest BCUT2D eigenvalue weighted by Gasteiger charge is -2.10. The van der Waals surface area contributed by atoms with Crippen LogP contribution in [0.15, 0.2) is 24.3 Å². The number of aromatic nitrogens is 2. The summed E-state index contributed by atoms with van der Waals surface area (Å²) < 4.78 is 10.2. The fourth-order valence-corrected chi connectivity index (χ4v) is 2.41. The summed E-state index contributed by atoms with van der Waals surface area (Å²) in [4.78, 5) is 11.1. The zero-order valence-corrected chi connectivity index (χ0v) is 13.6. The van der Waals surface area contributed by atoms with E-state index in [1.165, 1.54) is 24.0 Å². The van der Waals surface area contributed by atoms with Crippen LogP contribution in [0.25, 0.3) is 0 Å². The van der Waals surface area contributed by atoms with Gasteiger partial charge < -0.3 is 9.47 Å². The lowest BCUT2D eigenvalue weighted by Crippen LogP contribution is -2.10. The maximum atomic E-state index is 11.1. The van der Waals surface area contributed by atoms with Gasteiger partial charge in [0.2, 0.25) is 5.13 Å². The van der Waals surface area contributed by atoms with E-state index in [0.717, 1.165) is 12.2 Å². The van der Waals surface area contributed by atoms with E-state index in [1.807, 2.05) is 12.1 Å². The highest BCUT2D eigenvalue weighted by Crippen LogP contribution is 2.23. The van der Waals surface area contributed by atoms with Crippen LogP contribution in [-0.2, 0) is 11.3 Å². The zero-order chi connectivity index (χ0) is 15.9. The lowest BCUT2D eigenvalue weighted by atomic mass is 9.99. The highest BCUT2D eigenvalue weighted by atomic mass is 32.1. The van der Waals surface area contributed by atoms with Gasteiger partial charge in [0.25, 0.3) is 0 Å². The van der Waals surface area contributed by atoms with E-state index in [0.29, 0.717) is 22.7 Å². The van der Waals surface area contributed by atoms with Crippen molar-refractivity contribution in [3.05, 3.63) is 34.8 Å². The van der Waals surface area contributed by atoms with Crippen LogP contribution in [-0.4, -0.2) is 23.4 Å². The Hall–Kier alpha value is -2.15. The van der Waals surface area contributed by atoms with Crippen LogP contribution in [0.3, 0.4) is 0 Å². The first-order valence-electron chi connectivity index (χ1n) is 7.02. The molecule has 2 rings (SSSR count). The first-order chi connectivity index (χ1) is 10.6. The van der Waals surface area contributed by atoms with Crippen molar-refractivity contribution in [2.45, 2.75) is 32.8 Å². The standard InChI is InChI=1S/C15H19N3O3S/c1-4-10(2)11-5-7-12(8-6-11)21-9-13-17-18-14(22-13)16-15(19)20-3/h5-8,10H,4,9H2,1-3H3,(H,16,18,19)/t10-/m1/s1. The Balaban J connectivity index is 1.89. The molecule has 7 heteroatoms. The minimum absolute atomic E-state index is 0.309. The van der Waals surface area contributed by atoms with Crippen molar-refractivity contribution in [2.75, 3.05) is 12.4 Å². The number of benzene rings is 1. The molecule has 1 aromatic heterocycles. The molecule has 1 aromatic carbocycles. The predicted octanol–water partition coefficient (Wildman–Crippen LogP) is 3.81. The molecule has 0 aliphatic carbocycles. The van der Waals surface area contributed by atoms with Crippen molar-refractivity contribution in [3.8, 4) is 5.75 Å². The molecule has 6 nitrogen and oxygen atoms in total. The van der Waals surface area contributed by atoms with Gasteiger partial charge in [0.1, 0.15) is 12.4 Å². The molecule has 0 aliphatic heterocycles. The van der Waals surface area contributed by atoms with Crippen molar-refractivity contribution in [1.82, 2.24) is 10.2 Å². The predicted molar refractivity (Wildman–Crippen MR) is 85.4 cm³/mol. The molecule has 0 spiro atoms. The summed E-state index contributed by atoms with van der Waals surface area (Å²) >= 11 is 1.25. The molecule has 0 saturated carbocycles. The molecule has 1 heterocycles. The Morgan fingerprint density at radius 2 is 2.05 bits per heavy atom. The van der Waals surface area contributed by atoms with Gasteiger partial charge in [-0.1, -0.05) is 37.3 Å². The smallest absolute Gasteiger partial charge is 0.413 e. The molecule has 0 saturated heterocycles. The number of rotatable bonds is 6. The third kappa shape index (κ3) is 4.42. The molecule has 1 N–H and O–H groups in total. The van der Waals surface area contributed by atoms with Crippen molar-refractivity contribution in [1.29, 1.82) is 0 Å². The van der Waals surface area contributed by atoms with Crippen molar-refractivity contribution in [2.24, 2.45) is 0 Å². The minimum Gasteiger partial charge on any atom is -0.486 e. The summed E-state index contributed by atoms with van der Waals surface area (Å²) in [5, 5.41) is 11.3. The molecule has 0 unspecified atom stereocenters. The SMILES string of the molecule is CC[C@@H](C)c1ccc(OCc2nnc(NC(=O)OC)s2)cc1. The van der Waals surface area contributed by atoms with E-state index in [1.54, 1.807) is 0 Å². The van der Waals surface area contributed by atoms with E-state index in [9.17, 15) is 4.79 Å². The summed E-state index contributed by atoms with van der Waals surface area (Å²) in [6, 6.07) is 8.06. The van der Waals surface area contributed by atoms with Crippen LogP contribution in [0.2, 0.25) is 0 Å². The normalized spacial score (nSPS) is 11.8. The van der Waals surface area contributed by atoms with Gasteiger partial charge >= 0.3 is 6.09 Å². The Kier molecular flexibility index (Phi) is 5.71. The fourth-order valence-electron chi connectivity index (χ4n) is 1.77. The highest BCUT2D eigenvalue weighted by Gasteiger charge is 2.08. The molecule has 0 fully saturated rings. The van der Waals surface area contributed by atoms with Crippen LogP contribution in [0.5, 0.6) is 5.75 Å². The van der Waals surface area contributed by atoms with Crippen molar-refractivity contribution >= 4 is 22.6 Å². The number of amides is 1. The molecule has 0 radical (unpaired) electrons. The molecule has 2 aromatic rings. The van der Waals surface area contributed by atoms with E-state index < -0.39 is 6.09 Å². The van der Waals surface area contributed by atoms with Gasteiger partial charge in [-0.2, -0.15) is 0 Å². The van der Waals surface area contributed by atoms with Gasteiger partial charge in [-0.3, -0.25) is 5.32 Å². The average Bonchev–Trinajstić information content (AvgIpc) is 3.00. The molecule has 0 bridgehead atoms. The molecular formula is C15H19N3O3S. The summed E-state index contributed by atoms with van der Waals surface area (Å²) in [5.41, 5.74) is 1.30. The largest absolute Gasteiger partial charge is 0.486 e. The van der Waals surface area contributed by atoms with Gasteiger partial charge in [-0.25, -0.2) is 4.79 Å². The lowest BCUT2D eigenvalue weighted by molar-refractivity contribution is 0.187. The number of ether oxygens (including phenoxy) is 2. The van der Waals surface area contributed by atoms with Crippen LogP contribution in [0, 0.1) is 0 Å². The van der Waals surface area contributed by atoms with Crippen LogP contribution >= 0.6 is 11.3 Å². The first kappa shape index (κ1) is 16.2. The van der Waals surface area contributed by atoms with E-state index in [2.05, 4.69) is 46.2 Å². The Morgan fingerprint density at radius 3 is 2.68 bits per heavy atom. The maximum Gasteiger partial charge on any atom is 0.413 e. The molecule has 1 amide bonds. The third-order valence-corrected chi connectivity index (χ3v) is 4.10. The number of anilines is 1. The minimum atomic E-state index is -0.566. The topological polar surface area (TPSA) is 73.3 Å². The zero-order valence-electron chi connectivity index (χ0n) is 12.8. The second kappa shape index (κ2) is 7.74. The van der Waals surface area contributed by atoms with E-state index in [4.69, 9.17) is 4.74 Å². The second-order valence-electron chi connectivity index (χ2n) is 4.78. The molecule has 1 atom stereocenters. The quantitative estimate of drug-likeness (QED) is 0.876. The number of nitrogens with one attached hydrogen (secondary N) is 1. The van der Waals surface area contributed by atoms with Gasteiger partial charge in [0, 0.05) is 0 Å². The number of hydrogen-bond acceptors (Lipinski definition) is 6. The van der Waals surface area contributed by atoms with E-state index >= 15 is 0 Å². The average molecular weight is 321 g/mol. The number of carbonyl (C=O) groups is 1. The number of nitrogens with zero attached hydrogens (tertiary/aromatic N) is 2. The molecule has 0 aliphatic rings. The van der Waals surface area contributed by atoms with Crippen LogP contribution in [0.4, 0.5) is 9.93 Å². The molecular weight excluding hydrogens is 302 g/mol. The first-order valence-corrected chi connectivity index (χ1v) is 7.84. The number of carbonyl (C=O) groups excluding carboxylic acids is 1. The third-order valence-electron chi connectivity index (χ3n) is 3.29. The Morgan fingerprint density at radius 1 is 1.32 bits per heavy atom. The number of methoxy groups -OCH3 is 1. The van der Waals surface area contributed by atoms with Gasteiger partial charge in [-0.05, 0) is 30.0 Å². The van der Waals surface area contributed by atoms with Crippen LogP contribution in [0.1, 0.15) is 36.8 Å². The van der Waals surface area contributed by atoms with Gasteiger partial charge in [-0.15, -0.1) is 10.2 Å². The maximum absolute atomic E-state index is 11.1. The number of hydrogen-bond donors (Lipinski definition) is 1. The fraction of sp³-hybridized carbons (Fsp3) is 0.400. The molecule has 22 heavy (non-hydrogen) atoms. The summed E-state index contributed by atoms with van der Waals surface area (Å²) in [6.07, 6.45) is 0.547. The monoisotopic (exact) mass is 321 g/mol. The Labute approximate surface area is 133 Å².